The van der Waals surface area contributed by atoms with Gasteiger partial charge in [0.2, 0.25) is 5.91 Å². The molecule has 0 aliphatic carbocycles. The minimum atomic E-state index is -0.0140. The van der Waals surface area contributed by atoms with Gasteiger partial charge < -0.3 is 14.6 Å². The van der Waals surface area contributed by atoms with E-state index in [2.05, 4.69) is 27.7 Å². The minimum absolute atomic E-state index is 0.0140. The second-order valence-electron chi connectivity index (χ2n) is 8.28. The standard InChI is InChI=1S/C26H28N4O2S/c31-26(27-17-23(24-13-8-16-33-24)29-14-6-7-15-29)18-30-22-12-5-4-11-21(22)28-25(30)19-32-20-9-2-1-3-10-20/h1-5,8-13,16,23H,6-7,14-15,17-19H2,(H,27,31). The molecule has 1 aliphatic heterocycles. The van der Waals surface area contributed by atoms with Crippen LogP contribution in [-0.2, 0) is 17.9 Å². The Labute approximate surface area is 197 Å². The lowest BCUT2D eigenvalue weighted by molar-refractivity contribution is -0.121. The first kappa shape index (κ1) is 21.7. The number of ether oxygens (including phenoxy) is 1. The monoisotopic (exact) mass is 460 g/mol. The van der Waals surface area contributed by atoms with Gasteiger partial charge in [0.15, 0.2) is 0 Å². The largest absolute Gasteiger partial charge is 0.486 e. The highest BCUT2D eigenvalue weighted by Gasteiger charge is 2.25. The molecule has 1 aliphatic rings. The number of benzene rings is 2. The van der Waals surface area contributed by atoms with E-state index in [1.54, 1.807) is 11.3 Å². The molecule has 2 aromatic heterocycles. The third-order valence-electron chi connectivity index (χ3n) is 6.09. The normalized spacial score (nSPS) is 15.0. The number of rotatable bonds is 9. The SMILES string of the molecule is O=C(Cn1c(COc2ccccc2)nc2ccccc21)NCC(c1cccs1)N1CCCC1. The Morgan fingerprint density at radius 1 is 1.03 bits per heavy atom. The number of fused-ring (bicyclic) bond motifs is 1. The zero-order chi connectivity index (χ0) is 22.5. The van der Waals surface area contributed by atoms with Crippen molar-refractivity contribution in [2.24, 2.45) is 0 Å². The molecule has 1 N–H and O–H groups in total. The molecule has 2 aromatic carbocycles. The van der Waals surface area contributed by atoms with Crippen LogP contribution in [0.15, 0.2) is 72.1 Å². The zero-order valence-corrected chi connectivity index (χ0v) is 19.3. The lowest BCUT2D eigenvalue weighted by Crippen LogP contribution is -2.37. The average Bonchev–Trinajstić information content (AvgIpc) is 3.62. The highest BCUT2D eigenvalue weighted by atomic mass is 32.1. The van der Waals surface area contributed by atoms with Crippen molar-refractivity contribution in [2.75, 3.05) is 19.6 Å². The number of aromatic nitrogens is 2. The summed E-state index contributed by atoms with van der Waals surface area (Å²) in [4.78, 5) is 21.6. The van der Waals surface area contributed by atoms with Crippen molar-refractivity contribution in [1.29, 1.82) is 0 Å². The van der Waals surface area contributed by atoms with Crippen molar-refractivity contribution >= 4 is 28.3 Å². The number of nitrogens with zero attached hydrogens (tertiary/aromatic N) is 3. The van der Waals surface area contributed by atoms with Crippen LogP contribution in [0.1, 0.15) is 29.6 Å². The molecule has 5 rings (SSSR count). The van der Waals surface area contributed by atoms with Gasteiger partial charge in [-0.1, -0.05) is 36.4 Å². The quantitative estimate of drug-likeness (QED) is 0.396. The first-order valence-corrected chi connectivity index (χ1v) is 12.3. The summed E-state index contributed by atoms with van der Waals surface area (Å²) in [5.41, 5.74) is 1.80. The van der Waals surface area contributed by atoms with Gasteiger partial charge in [-0.05, 0) is 61.6 Å². The third kappa shape index (κ3) is 5.10. The number of likely N-dealkylation sites (tertiary alicyclic amines) is 1. The number of thiophene rings is 1. The fraction of sp³-hybridized carbons (Fsp3) is 0.308. The molecule has 1 fully saturated rings. The Morgan fingerprint density at radius 3 is 2.61 bits per heavy atom. The summed E-state index contributed by atoms with van der Waals surface area (Å²) in [6, 6.07) is 22.1. The molecular weight excluding hydrogens is 432 g/mol. The molecule has 1 saturated heterocycles. The number of para-hydroxylation sites is 3. The Balaban J connectivity index is 1.30. The molecule has 0 radical (unpaired) electrons. The number of imidazole rings is 1. The van der Waals surface area contributed by atoms with Crippen LogP contribution in [0, 0.1) is 0 Å². The summed E-state index contributed by atoms with van der Waals surface area (Å²) in [6.07, 6.45) is 2.45. The van der Waals surface area contributed by atoms with E-state index in [4.69, 9.17) is 9.72 Å². The Hall–Kier alpha value is -3.16. The lowest BCUT2D eigenvalue weighted by Gasteiger charge is -2.27. The maximum atomic E-state index is 13.1. The molecule has 7 heteroatoms. The van der Waals surface area contributed by atoms with Crippen molar-refractivity contribution in [2.45, 2.75) is 32.0 Å². The maximum absolute atomic E-state index is 13.1. The molecule has 3 heterocycles. The summed E-state index contributed by atoms with van der Waals surface area (Å²) >= 11 is 1.76. The Bertz CT molecular complexity index is 1180. The molecule has 1 amide bonds. The van der Waals surface area contributed by atoms with Crippen molar-refractivity contribution < 1.29 is 9.53 Å². The van der Waals surface area contributed by atoms with Gasteiger partial charge in [0.25, 0.3) is 0 Å². The van der Waals surface area contributed by atoms with Crippen molar-refractivity contribution in [1.82, 2.24) is 19.8 Å². The van der Waals surface area contributed by atoms with Crippen LogP contribution < -0.4 is 10.1 Å². The third-order valence-corrected chi connectivity index (χ3v) is 7.07. The fourth-order valence-electron chi connectivity index (χ4n) is 4.43. The van der Waals surface area contributed by atoms with E-state index in [1.807, 2.05) is 59.2 Å². The van der Waals surface area contributed by atoms with Gasteiger partial charge in [0.05, 0.1) is 17.1 Å². The van der Waals surface area contributed by atoms with E-state index in [0.29, 0.717) is 13.2 Å². The van der Waals surface area contributed by atoms with E-state index >= 15 is 0 Å². The molecule has 6 nitrogen and oxygen atoms in total. The van der Waals surface area contributed by atoms with Gasteiger partial charge >= 0.3 is 0 Å². The van der Waals surface area contributed by atoms with E-state index in [-0.39, 0.29) is 18.5 Å². The summed E-state index contributed by atoms with van der Waals surface area (Å²) in [5.74, 6) is 1.51. The van der Waals surface area contributed by atoms with Gasteiger partial charge in [-0.25, -0.2) is 4.98 Å². The smallest absolute Gasteiger partial charge is 0.240 e. The second kappa shape index (κ2) is 10.2. The van der Waals surface area contributed by atoms with Gasteiger partial charge in [0, 0.05) is 11.4 Å². The molecule has 1 unspecified atom stereocenters. The number of hydrogen-bond donors (Lipinski definition) is 1. The summed E-state index contributed by atoms with van der Waals surface area (Å²) in [5, 5.41) is 5.30. The topological polar surface area (TPSA) is 59.4 Å². The first-order chi connectivity index (χ1) is 16.3. The van der Waals surface area contributed by atoms with E-state index < -0.39 is 0 Å². The van der Waals surface area contributed by atoms with Crippen molar-refractivity contribution in [3.8, 4) is 5.75 Å². The van der Waals surface area contributed by atoms with E-state index in [1.165, 1.54) is 17.7 Å². The summed E-state index contributed by atoms with van der Waals surface area (Å²) < 4.78 is 7.90. The number of hydrogen-bond acceptors (Lipinski definition) is 5. The Morgan fingerprint density at radius 2 is 1.82 bits per heavy atom. The van der Waals surface area contributed by atoms with Crippen molar-refractivity contribution in [3.63, 3.8) is 0 Å². The van der Waals surface area contributed by atoms with Crippen LogP contribution in [0.3, 0.4) is 0 Å². The molecule has 1 atom stereocenters. The molecule has 170 valence electrons. The molecule has 0 saturated carbocycles. The Kier molecular flexibility index (Phi) is 6.69. The number of carbonyl (C=O) groups excluding carboxylic acids is 1. The zero-order valence-electron chi connectivity index (χ0n) is 18.5. The minimum Gasteiger partial charge on any atom is -0.486 e. The highest BCUT2D eigenvalue weighted by molar-refractivity contribution is 7.10. The number of carbonyl (C=O) groups is 1. The van der Waals surface area contributed by atoms with Gasteiger partial charge in [0.1, 0.15) is 24.7 Å². The summed E-state index contributed by atoms with van der Waals surface area (Å²) in [7, 11) is 0. The van der Waals surface area contributed by atoms with Crippen LogP contribution in [0.2, 0.25) is 0 Å². The number of amides is 1. The van der Waals surface area contributed by atoms with Gasteiger partial charge in [-0.3, -0.25) is 9.69 Å². The maximum Gasteiger partial charge on any atom is 0.240 e. The lowest BCUT2D eigenvalue weighted by atomic mass is 10.2. The molecule has 4 aromatic rings. The molecule has 0 spiro atoms. The predicted octanol–water partition coefficient (Wildman–Crippen LogP) is 4.63. The fourth-order valence-corrected chi connectivity index (χ4v) is 5.29. The van der Waals surface area contributed by atoms with E-state index in [0.717, 1.165) is 35.7 Å². The highest BCUT2D eigenvalue weighted by Crippen LogP contribution is 2.28. The predicted molar refractivity (Wildman–Crippen MR) is 131 cm³/mol. The van der Waals surface area contributed by atoms with Crippen LogP contribution >= 0.6 is 11.3 Å². The van der Waals surface area contributed by atoms with Gasteiger partial charge in [-0.15, -0.1) is 11.3 Å². The van der Waals surface area contributed by atoms with Gasteiger partial charge in [-0.2, -0.15) is 0 Å². The second-order valence-corrected chi connectivity index (χ2v) is 9.26. The molecular formula is C26H28N4O2S. The van der Waals surface area contributed by atoms with Crippen LogP contribution in [-0.4, -0.2) is 40.0 Å². The van der Waals surface area contributed by atoms with Crippen LogP contribution in [0.4, 0.5) is 0 Å². The average molecular weight is 461 g/mol. The first-order valence-electron chi connectivity index (χ1n) is 11.4. The summed E-state index contributed by atoms with van der Waals surface area (Å²) in [6.45, 7) is 3.31. The van der Waals surface area contributed by atoms with E-state index in [9.17, 15) is 4.79 Å². The molecule has 33 heavy (non-hydrogen) atoms. The van der Waals surface area contributed by atoms with Crippen LogP contribution in [0.5, 0.6) is 5.75 Å². The molecule has 0 bridgehead atoms. The number of nitrogens with one attached hydrogen (secondary N) is 1. The van der Waals surface area contributed by atoms with Crippen molar-refractivity contribution in [3.05, 3.63) is 82.8 Å². The van der Waals surface area contributed by atoms with Crippen LogP contribution in [0.25, 0.3) is 11.0 Å².